The summed E-state index contributed by atoms with van der Waals surface area (Å²) in [6.45, 7) is 2.93. The van der Waals surface area contributed by atoms with E-state index < -0.39 is 0 Å². The van der Waals surface area contributed by atoms with Crippen molar-refractivity contribution < 1.29 is 5.11 Å². The lowest BCUT2D eigenvalue weighted by molar-refractivity contribution is 0.476. The molecular weight excluding hydrogens is 421 g/mol. The van der Waals surface area contributed by atoms with Gasteiger partial charge in [-0.3, -0.25) is 0 Å². The second-order valence-electron chi connectivity index (χ2n) is 6.99. The fraction of sp³-hybridized carbons (Fsp3) is 0.167. The number of dihydropyridines is 1. The Kier molecular flexibility index (Phi) is 6.00. The molecule has 1 aliphatic rings. The van der Waals surface area contributed by atoms with Gasteiger partial charge in [-0.2, -0.15) is 0 Å². The van der Waals surface area contributed by atoms with Crippen LogP contribution in [0.15, 0.2) is 65.7 Å². The third-order valence-electron chi connectivity index (χ3n) is 5.07. The van der Waals surface area contributed by atoms with Gasteiger partial charge in [0.2, 0.25) is 0 Å². The van der Waals surface area contributed by atoms with Crippen molar-refractivity contribution in [2.45, 2.75) is 19.8 Å². The molecule has 0 aliphatic carbocycles. The van der Waals surface area contributed by atoms with Gasteiger partial charge in [0.1, 0.15) is 5.75 Å². The zero-order valence-electron chi connectivity index (χ0n) is 16.0. The number of aromatic hydroxyl groups is 1. The van der Waals surface area contributed by atoms with Gasteiger partial charge in [0.05, 0.1) is 5.02 Å². The SMILES string of the molecule is CCc1ccc(-c2csc(-c3ccc(Cl)cc3Cl)c2CC2=CNCC=C2)c(O)c1. The van der Waals surface area contributed by atoms with Gasteiger partial charge in [-0.25, -0.2) is 0 Å². The number of nitrogens with one attached hydrogen (secondary N) is 1. The summed E-state index contributed by atoms with van der Waals surface area (Å²) in [5, 5.41) is 17.3. The summed E-state index contributed by atoms with van der Waals surface area (Å²) in [4.78, 5) is 1.10. The topological polar surface area (TPSA) is 32.3 Å². The number of phenolic OH excluding ortho intramolecular Hbond substituents is 1. The predicted molar refractivity (Wildman–Crippen MR) is 125 cm³/mol. The number of aryl methyl sites for hydroxylation is 1. The van der Waals surface area contributed by atoms with Crippen LogP contribution in [-0.2, 0) is 12.8 Å². The van der Waals surface area contributed by atoms with Crippen LogP contribution in [0.3, 0.4) is 0 Å². The fourth-order valence-electron chi connectivity index (χ4n) is 3.54. The van der Waals surface area contributed by atoms with Crippen molar-refractivity contribution in [3.8, 4) is 27.3 Å². The van der Waals surface area contributed by atoms with Gasteiger partial charge in [0.25, 0.3) is 0 Å². The van der Waals surface area contributed by atoms with Gasteiger partial charge in [-0.15, -0.1) is 11.3 Å². The molecule has 4 rings (SSSR count). The molecule has 0 bridgehead atoms. The van der Waals surface area contributed by atoms with Crippen LogP contribution in [0.2, 0.25) is 10.0 Å². The number of allylic oxidation sites excluding steroid dienone is 2. The van der Waals surface area contributed by atoms with Crippen LogP contribution >= 0.6 is 34.5 Å². The van der Waals surface area contributed by atoms with Gasteiger partial charge in [0.15, 0.2) is 0 Å². The molecule has 0 radical (unpaired) electrons. The lowest BCUT2D eigenvalue weighted by Crippen LogP contribution is -2.10. The molecule has 1 aromatic heterocycles. The second kappa shape index (κ2) is 8.66. The lowest BCUT2D eigenvalue weighted by Gasteiger charge is -2.14. The molecule has 0 amide bonds. The Hall–Kier alpha value is -2.20. The maximum absolute atomic E-state index is 10.7. The number of hydrogen-bond acceptors (Lipinski definition) is 3. The molecule has 0 spiro atoms. The summed E-state index contributed by atoms with van der Waals surface area (Å²) >= 11 is 14.3. The quantitative estimate of drug-likeness (QED) is 0.436. The highest BCUT2D eigenvalue weighted by Gasteiger charge is 2.20. The van der Waals surface area contributed by atoms with E-state index >= 15 is 0 Å². The van der Waals surface area contributed by atoms with Gasteiger partial charge in [-0.1, -0.05) is 60.5 Å². The first-order valence-electron chi connectivity index (χ1n) is 9.54. The van der Waals surface area contributed by atoms with Crippen molar-refractivity contribution in [2.24, 2.45) is 0 Å². The lowest BCUT2D eigenvalue weighted by atomic mass is 9.93. The first-order valence-corrected chi connectivity index (χ1v) is 11.2. The highest BCUT2D eigenvalue weighted by Crippen LogP contribution is 2.44. The van der Waals surface area contributed by atoms with Crippen molar-refractivity contribution in [1.29, 1.82) is 0 Å². The Morgan fingerprint density at radius 3 is 2.59 bits per heavy atom. The zero-order valence-corrected chi connectivity index (χ0v) is 18.3. The molecule has 5 heteroatoms. The average molecular weight is 442 g/mol. The van der Waals surface area contributed by atoms with Crippen molar-refractivity contribution in [1.82, 2.24) is 5.32 Å². The van der Waals surface area contributed by atoms with Gasteiger partial charge < -0.3 is 10.4 Å². The zero-order chi connectivity index (χ0) is 20.4. The van der Waals surface area contributed by atoms with E-state index in [1.807, 2.05) is 24.3 Å². The minimum absolute atomic E-state index is 0.309. The van der Waals surface area contributed by atoms with Crippen LogP contribution < -0.4 is 5.32 Å². The molecule has 0 saturated heterocycles. The van der Waals surface area contributed by atoms with Crippen LogP contribution in [0.4, 0.5) is 0 Å². The van der Waals surface area contributed by atoms with E-state index in [-0.39, 0.29) is 0 Å². The van der Waals surface area contributed by atoms with E-state index in [1.165, 1.54) is 5.57 Å². The molecule has 2 nitrogen and oxygen atoms in total. The van der Waals surface area contributed by atoms with Gasteiger partial charge in [0, 0.05) is 45.8 Å². The first kappa shape index (κ1) is 20.1. The van der Waals surface area contributed by atoms with Crippen LogP contribution in [0.1, 0.15) is 18.1 Å². The van der Waals surface area contributed by atoms with Crippen molar-refractivity contribution >= 4 is 34.5 Å². The van der Waals surface area contributed by atoms with Gasteiger partial charge in [-0.05, 0) is 46.7 Å². The summed E-state index contributed by atoms with van der Waals surface area (Å²) in [5.74, 6) is 0.309. The Bertz CT molecular complexity index is 1110. The fourth-order valence-corrected chi connectivity index (χ4v) is 5.23. The summed E-state index contributed by atoms with van der Waals surface area (Å²) in [5.41, 5.74) is 6.30. The van der Waals surface area contributed by atoms with Crippen molar-refractivity contribution in [3.63, 3.8) is 0 Å². The number of hydrogen-bond donors (Lipinski definition) is 2. The van der Waals surface area contributed by atoms with Crippen molar-refractivity contribution in [3.05, 3.63) is 86.9 Å². The minimum Gasteiger partial charge on any atom is -0.507 e. The predicted octanol–water partition coefficient (Wildman–Crippen LogP) is 7.24. The van der Waals surface area contributed by atoms with E-state index in [4.69, 9.17) is 23.2 Å². The van der Waals surface area contributed by atoms with Gasteiger partial charge >= 0.3 is 0 Å². The number of rotatable bonds is 5. The van der Waals surface area contributed by atoms with Crippen LogP contribution in [-0.4, -0.2) is 11.7 Å². The Balaban J connectivity index is 1.86. The van der Waals surface area contributed by atoms with E-state index in [9.17, 15) is 5.11 Å². The highest BCUT2D eigenvalue weighted by molar-refractivity contribution is 7.14. The molecule has 148 valence electrons. The molecule has 2 heterocycles. The van der Waals surface area contributed by atoms with Crippen LogP contribution in [0, 0.1) is 0 Å². The number of halogens is 2. The monoisotopic (exact) mass is 441 g/mol. The molecule has 0 atom stereocenters. The molecule has 3 aromatic rings. The third kappa shape index (κ3) is 4.23. The molecule has 1 aliphatic heterocycles. The number of phenols is 1. The standard InChI is InChI=1S/C24H21Cl2NOS/c1-2-15-5-7-18(23(28)11-15)21-14-29-24(19-8-6-17(25)12-22(19)26)20(21)10-16-4-3-9-27-13-16/h3-8,11-14,27-28H,2,9-10H2,1H3. The van der Waals surface area contributed by atoms with Crippen LogP contribution in [0.25, 0.3) is 21.6 Å². The minimum atomic E-state index is 0.309. The number of thiophene rings is 1. The maximum atomic E-state index is 10.7. The molecule has 2 aromatic carbocycles. The maximum Gasteiger partial charge on any atom is 0.123 e. The second-order valence-corrected chi connectivity index (χ2v) is 8.72. The molecule has 0 unspecified atom stereocenters. The molecule has 29 heavy (non-hydrogen) atoms. The van der Waals surface area contributed by atoms with E-state index in [1.54, 1.807) is 17.4 Å². The highest BCUT2D eigenvalue weighted by atomic mass is 35.5. The molecule has 0 fully saturated rings. The summed E-state index contributed by atoms with van der Waals surface area (Å²) in [6.07, 6.45) is 7.94. The Labute approximate surface area is 185 Å². The summed E-state index contributed by atoms with van der Waals surface area (Å²) in [6, 6.07) is 11.5. The summed E-state index contributed by atoms with van der Waals surface area (Å²) < 4.78 is 0. The third-order valence-corrected chi connectivity index (χ3v) is 6.67. The number of benzene rings is 2. The molecular formula is C24H21Cl2NOS. The normalized spacial score (nSPS) is 13.3. The van der Waals surface area contributed by atoms with Crippen LogP contribution in [0.5, 0.6) is 5.75 Å². The van der Waals surface area contributed by atoms with E-state index in [0.29, 0.717) is 15.8 Å². The average Bonchev–Trinajstić information content (AvgIpc) is 3.11. The van der Waals surface area contributed by atoms with E-state index in [0.717, 1.165) is 52.1 Å². The molecule has 0 saturated carbocycles. The van der Waals surface area contributed by atoms with E-state index in [2.05, 4.69) is 42.0 Å². The Morgan fingerprint density at radius 1 is 1.07 bits per heavy atom. The smallest absolute Gasteiger partial charge is 0.123 e. The Morgan fingerprint density at radius 2 is 1.90 bits per heavy atom. The molecule has 2 N–H and O–H groups in total. The largest absolute Gasteiger partial charge is 0.507 e. The van der Waals surface area contributed by atoms with Crippen molar-refractivity contribution in [2.75, 3.05) is 6.54 Å². The summed E-state index contributed by atoms with van der Waals surface area (Å²) in [7, 11) is 0. The first-order chi connectivity index (χ1) is 14.1.